The fourth-order valence-corrected chi connectivity index (χ4v) is 3.35. The van der Waals surface area contributed by atoms with Crippen molar-refractivity contribution in [3.8, 4) is 0 Å². The van der Waals surface area contributed by atoms with Gasteiger partial charge in [-0.05, 0) is 44.7 Å². The highest BCUT2D eigenvalue weighted by Crippen LogP contribution is 2.36. The van der Waals surface area contributed by atoms with Gasteiger partial charge in [0.25, 0.3) is 0 Å². The Kier molecular flexibility index (Phi) is 5.11. The second kappa shape index (κ2) is 7.17. The lowest BCUT2D eigenvalue weighted by atomic mass is 10.1. The van der Waals surface area contributed by atoms with Gasteiger partial charge in [-0.15, -0.1) is 0 Å². The average molecular weight is 369 g/mol. The zero-order valence-electron chi connectivity index (χ0n) is 14.8. The van der Waals surface area contributed by atoms with Crippen LogP contribution in [0.4, 0.5) is 13.2 Å². The van der Waals surface area contributed by atoms with Crippen molar-refractivity contribution in [2.24, 2.45) is 0 Å². The first-order valence-electron chi connectivity index (χ1n) is 8.71. The number of hydrogen-bond donors (Lipinski definition) is 0. The number of likely N-dealkylation sites (N-methyl/N-ethyl adjacent to an activating group) is 1. The van der Waals surface area contributed by atoms with Crippen LogP contribution in [-0.4, -0.2) is 33.7 Å². The zero-order valence-corrected chi connectivity index (χ0v) is 14.8. The molecule has 2 aromatic rings. The van der Waals surface area contributed by atoms with Crippen molar-refractivity contribution in [1.82, 2.24) is 14.7 Å². The van der Waals surface area contributed by atoms with E-state index in [0.717, 1.165) is 5.76 Å². The minimum Gasteiger partial charge on any atom is -0.469 e. The monoisotopic (exact) mass is 369 g/mol. The van der Waals surface area contributed by atoms with Gasteiger partial charge in [0.1, 0.15) is 12.3 Å². The largest absolute Gasteiger partial charge is 0.469 e. The third-order valence-electron chi connectivity index (χ3n) is 5.00. The molecule has 0 saturated carbocycles. The first-order valence-corrected chi connectivity index (χ1v) is 8.71. The summed E-state index contributed by atoms with van der Waals surface area (Å²) in [6.07, 6.45) is 0.0926. The number of nitrogens with zero attached hydrogens (tertiary/aromatic N) is 3. The molecule has 1 atom stereocenters. The molecule has 0 bridgehead atoms. The summed E-state index contributed by atoms with van der Waals surface area (Å²) < 4.78 is 45.9. The summed E-state index contributed by atoms with van der Waals surface area (Å²) in [5, 5.41) is 3.70. The minimum absolute atomic E-state index is 0.0571. The molecule has 5 nitrogen and oxygen atoms in total. The molecule has 0 spiro atoms. The number of hydrogen-bond acceptors (Lipinski definition) is 3. The number of rotatable bonds is 6. The maximum Gasteiger partial charge on any atom is 0.435 e. The van der Waals surface area contributed by atoms with Gasteiger partial charge in [-0.3, -0.25) is 9.48 Å². The average Bonchev–Trinajstić information content (AvgIpc) is 3.29. The van der Waals surface area contributed by atoms with E-state index < -0.39 is 11.9 Å². The molecule has 0 fully saturated rings. The molecule has 0 radical (unpaired) electrons. The number of amides is 1. The van der Waals surface area contributed by atoms with Crippen LogP contribution in [0.5, 0.6) is 0 Å². The summed E-state index contributed by atoms with van der Waals surface area (Å²) in [5.41, 5.74) is -0.0487. The molecule has 3 rings (SSSR count). The Bertz CT molecular complexity index is 765. The predicted octanol–water partition coefficient (Wildman–Crippen LogP) is 3.46. The van der Waals surface area contributed by atoms with E-state index in [4.69, 9.17) is 4.42 Å². The highest BCUT2D eigenvalue weighted by Gasteiger charge is 2.40. The molecular formula is C18H22F3N3O2. The van der Waals surface area contributed by atoms with Crippen LogP contribution in [0.1, 0.15) is 42.5 Å². The van der Waals surface area contributed by atoms with Gasteiger partial charge in [0.15, 0.2) is 5.69 Å². The Hall–Kier alpha value is -2.25. The zero-order chi connectivity index (χ0) is 18.9. The fraction of sp³-hybridized carbons (Fsp3) is 0.556. The maximum atomic E-state index is 13.1. The van der Waals surface area contributed by atoms with Crippen LogP contribution in [0.25, 0.3) is 0 Å². The maximum absolute atomic E-state index is 13.1. The molecule has 26 heavy (non-hydrogen) atoms. The van der Waals surface area contributed by atoms with Crippen LogP contribution in [-0.2, 0) is 36.8 Å². The molecule has 0 aliphatic heterocycles. The smallest absolute Gasteiger partial charge is 0.435 e. The molecule has 142 valence electrons. The highest BCUT2D eigenvalue weighted by molar-refractivity contribution is 5.76. The molecule has 1 aliphatic rings. The third-order valence-corrected chi connectivity index (χ3v) is 5.00. The summed E-state index contributed by atoms with van der Waals surface area (Å²) >= 11 is 0. The number of fused-ring (bicyclic) bond motifs is 1. The summed E-state index contributed by atoms with van der Waals surface area (Å²) in [6.45, 7) is 1.75. The second-order valence-electron chi connectivity index (χ2n) is 6.75. The van der Waals surface area contributed by atoms with Crippen molar-refractivity contribution in [1.29, 1.82) is 0 Å². The Morgan fingerprint density at radius 1 is 1.42 bits per heavy atom. The second-order valence-corrected chi connectivity index (χ2v) is 6.75. The summed E-state index contributed by atoms with van der Waals surface area (Å²) in [5.74, 6) is 0.597. The first kappa shape index (κ1) is 18.5. The summed E-state index contributed by atoms with van der Waals surface area (Å²) in [6, 6.07) is 3.63. The van der Waals surface area contributed by atoms with Crippen molar-refractivity contribution < 1.29 is 22.4 Å². The Morgan fingerprint density at radius 2 is 2.19 bits per heavy atom. The molecule has 2 aromatic heterocycles. The molecule has 0 N–H and O–H groups in total. The van der Waals surface area contributed by atoms with Crippen molar-refractivity contribution >= 4 is 5.91 Å². The van der Waals surface area contributed by atoms with Crippen LogP contribution >= 0.6 is 0 Å². The Balaban J connectivity index is 1.66. The van der Waals surface area contributed by atoms with Gasteiger partial charge in [-0.2, -0.15) is 18.3 Å². The number of carbonyl (C=O) groups excluding carboxylic acids is 1. The van der Waals surface area contributed by atoms with Gasteiger partial charge >= 0.3 is 6.18 Å². The molecule has 0 saturated heterocycles. The lowest BCUT2D eigenvalue weighted by molar-refractivity contribution is -0.142. The van der Waals surface area contributed by atoms with Crippen LogP contribution in [0.15, 0.2) is 22.8 Å². The van der Waals surface area contributed by atoms with Crippen LogP contribution in [0.3, 0.4) is 0 Å². The van der Waals surface area contributed by atoms with Gasteiger partial charge in [-0.1, -0.05) is 0 Å². The van der Waals surface area contributed by atoms with Crippen molar-refractivity contribution in [2.75, 3.05) is 7.05 Å². The predicted molar refractivity (Wildman–Crippen MR) is 88.5 cm³/mol. The van der Waals surface area contributed by atoms with E-state index in [1.807, 2.05) is 19.1 Å². The van der Waals surface area contributed by atoms with E-state index >= 15 is 0 Å². The minimum atomic E-state index is -4.48. The van der Waals surface area contributed by atoms with Crippen LogP contribution in [0, 0.1) is 0 Å². The van der Waals surface area contributed by atoms with Gasteiger partial charge in [0.2, 0.25) is 5.91 Å². The van der Waals surface area contributed by atoms with E-state index in [1.165, 1.54) is 4.68 Å². The van der Waals surface area contributed by atoms with Crippen molar-refractivity contribution in [2.45, 2.75) is 57.8 Å². The normalized spacial score (nSPS) is 15.1. The van der Waals surface area contributed by atoms with E-state index in [2.05, 4.69) is 5.10 Å². The number of alkyl halides is 3. The highest BCUT2D eigenvalue weighted by atomic mass is 19.4. The van der Waals surface area contributed by atoms with E-state index in [9.17, 15) is 18.0 Å². The Morgan fingerprint density at radius 3 is 2.85 bits per heavy atom. The Labute approximate surface area is 149 Å². The lowest BCUT2D eigenvalue weighted by Gasteiger charge is -2.25. The molecular weight excluding hydrogens is 347 g/mol. The molecule has 1 aliphatic carbocycles. The quantitative estimate of drug-likeness (QED) is 0.784. The number of aryl methyl sites for hydroxylation is 1. The van der Waals surface area contributed by atoms with E-state index in [-0.39, 0.29) is 24.1 Å². The SMILES string of the molecule is C[C@H](CCc1ccco1)N(C)C(=O)Cn1nc(C(F)(F)F)c2c1CCC2. The standard InChI is InChI=1S/C18H22F3N3O2/c1-12(8-9-13-5-4-10-26-13)23(2)16(25)11-24-15-7-3-6-14(15)17(22-24)18(19,20)21/h4-5,10,12H,3,6-9,11H2,1-2H3/t12-/m1/s1. The molecule has 0 aromatic carbocycles. The van der Waals surface area contributed by atoms with E-state index in [1.54, 1.807) is 18.2 Å². The summed E-state index contributed by atoms with van der Waals surface area (Å²) in [7, 11) is 1.67. The van der Waals surface area contributed by atoms with Gasteiger partial charge in [-0.25, -0.2) is 0 Å². The van der Waals surface area contributed by atoms with Gasteiger partial charge in [0, 0.05) is 30.8 Å². The lowest BCUT2D eigenvalue weighted by Crippen LogP contribution is -2.38. The number of halogens is 3. The number of furan rings is 1. The summed E-state index contributed by atoms with van der Waals surface area (Å²) in [4.78, 5) is 14.1. The molecule has 2 heterocycles. The van der Waals surface area contributed by atoms with Crippen LogP contribution in [0.2, 0.25) is 0 Å². The van der Waals surface area contributed by atoms with Gasteiger partial charge < -0.3 is 9.32 Å². The first-order chi connectivity index (χ1) is 12.3. The third kappa shape index (κ3) is 3.78. The van der Waals surface area contributed by atoms with Crippen LogP contribution < -0.4 is 0 Å². The molecule has 1 amide bonds. The van der Waals surface area contributed by atoms with Crippen molar-refractivity contribution in [3.63, 3.8) is 0 Å². The fourth-order valence-electron chi connectivity index (χ4n) is 3.35. The number of carbonyl (C=O) groups is 1. The molecule has 0 unspecified atom stereocenters. The number of aromatic nitrogens is 2. The van der Waals surface area contributed by atoms with Gasteiger partial charge in [0.05, 0.1) is 6.26 Å². The molecule has 8 heteroatoms. The van der Waals surface area contributed by atoms with Crippen molar-refractivity contribution in [3.05, 3.63) is 41.1 Å². The van der Waals surface area contributed by atoms with E-state index in [0.29, 0.717) is 37.8 Å². The topological polar surface area (TPSA) is 51.3 Å².